The largest absolute Gasteiger partial charge is 0.491 e. The van der Waals surface area contributed by atoms with Gasteiger partial charge in [0, 0.05) is 35.5 Å². The van der Waals surface area contributed by atoms with Gasteiger partial charge in [0.15, 0.2) is 24.8 Å². The molecule has 0 radical (unpaired) electrons. The molecule has 2 heterocycles. The maximum atomic E-state index is 12.9. The van der Waals surface area contributed by atoms with Crippen molar-refractivity contribution in [2.45, 2.75) is 128 Å². The molecule has 0 spiro atoms. The van der Waals surface area contributed by atoms with Gasteiger partial charge in [-0.15, -0.1) is 0 Å². The second-order valence-electron chi connectivity index (χ2n) is 17.2. The van der Waals surface area contributed by atoms with Gasteiger partial charge in [-0.05, 0) is 34.9 Å². The van der Waals surface area contributed by atoms with Crippen LogP contribution < -0.4 is 4.74 Å². The average molecular weight is 915 g/mol. The van der Waals surface area contributed by atoms with Crippen LogP contribution in [0, 0.1) is 0 Å². The predicted molar refractivity (Wildman–Crippen MR) is 241 cm³/mol. The van der Waals surface area contributed by atoms with E-state index in [0.29, 0.717) is 12.4 Å². The van der Waals surface area contributed by atoms with E-state index in [1.54, 1.807) is 0 Å². The first-order valence-electron chi connectivity index (χ1n) is 22.0. The molecule has 6 rings (SSSR count). The summed E-state index contributed by atoms with van der Waals surface area (Å²) >= 11 is 0. The van der Waals surface area contributed by atoms with Gasteiger partial charge < -0.3 is 52.1 Å². The third-order valence-electron chi connectivity index (χ3n) is 10.7. The van der Waals surface area contributed by atoms with E-state index < -0.39 is 87.4 Å². The molecule has 2 fully saturated rings. The van der Waals surface area contributed by atoms with E-state index in [0.717, 1.165) is 22.7 Å². The van der Waals surface area contributed by atoms with E-state index in [4.69, 9.17) is 52.1 Å². The Morgan fingerprint density at radius 3 is 1.43 bits per heavy atom. The number of ether oxygens (including phenoxy) is 11. The number of hydrogen-bond acceptors (Lipinski definition) is 14. The van der Waals surface area contributed by atoms with Gasteiger partial charge in [0.05, 0.1) is 19.8 Å². The standard InChI is InChI=1S/C50H62O14Si/c1-34(51)55-32-41-44(60-35(2)52)46(61-36(3)53)48(59-31-39-23-15-9-16-24-39)50(63-41)64-43-42(33-56-40-25-17-10-18-26-40)62-49(54-27-28-65(4,5)6)47(58-30-38-21-13-8-14-22-38)45(43)57-29-37-19-11-7-12-20-37/h7-26,41-50H,27-33H2,1-6H3/t41-,42-,43+,44-,45+,46+,47-,48-,49-,50-/m1/s1. The van der Waals surface area contributed by atoms with Crippen LogP contribution in [0.15, 0.2) is 121 Å². The van der Waals surface area contributed by atoms with Crippen LogP contribution >= 0.6 is 0 Å². The van der Waals surface area contributed by atoms with Gasteiger partial charge in [0.1, 0.15) is 55.6 Å². The van der Waals surface area contributed by atoms with E-state index in [1.165, 1.54) is 20.8 Å². The molecular weight excluding hydrogens is 853 g/mol. The van der Waals surface area contributed by atoms with E-state index in [1.807, 2.05) is 121 Å². The molecule has 4 aromatic rings. The van der Waals surface area contributed by atoms with Crippen LogP contribution in [0.2, 0.25) is 25.7 Å². The average Bonchev–Trinajstić information content (AvgIpc) is 3.28. The second kappa shape index (κ2) is 24.5. The van der Waals surface area contributed by atoms with E-state index in [9.17, 15) is 14.4 Å². The lowest BCUT2D eigenvalue weighted by Crippen LogP contribution is -2.67. The van der Waals surface area contributed by atoms with Gasteiger partial charge >= 0.3 is 17.9 Å². The van der Waals surface area contributed by atoms with Crippen molar-refractivity contribution < 1.29 is 66.5 Å². The minimum Gasteiger partial charge on any atom is -0.491 e. The third-order valence-corrected chi connectivity index (χ3v) is 12.4. The molecule has 2 saturated heterocycles. The van der Waals surface area contributed by atoms with Gasteiger partial charge in [-0.3, -0.25) is 14.4 Å². The van der Waals surface area contributed by atoms with Crippen LogP contribution in [0.5, 0.6) is 5.75 Å². The predicted octanol–water partition coefficient (Wildman–Crippen LogP) is 7.44. The summed E-state index contributed by atoms with van der Waals surface area (Å²) in [6.07, 6.45) is -11.0. The normalized spacial score (nSPS) is 25.6. The first kappa shape index (κ1) is 49.5. The molecule has 0 N–H and O–H groups in total. The van der Waals surface area contributed by atoms with Crippen LogP contribution in [0.3, 0.4) is 0 Å². The molecule has 2 aliphatic rings. The lowest BCUT2D eigenvalue weighted by Gasteiger charge is -2.49. The van der Waals surface area contributed by atoms with Crippen LogP contribution in [0.25, 0.3) is 0 Å². The molecule has 350 valence electrons. The van der Waals surface area contributed by atoms with E-state index >= 15 is 0 Å². The molecule has 15 heteroatoms. The highest BCUT2D eigenvalue weighted by Crippen LogP contribution is 2.37. The Labute approximate surface area is 382 Å². The van der Waals surface area contributed by atoms with Gasteiger partial charge in [-0.25, -0.2) is 0 Å². The first-order valence-corrected chi connectivity index (χ1v) is 25.7. The topological polar surface area (TPSA) is 153 Å². The van der Waals surface area contributed by atoms with Crippen molar-refractivity contribution in [2.75, 3.05) is 19.8 Å². The van der Waals surface area contributed by atoms with Crippen LogP contribution in [0.4, 0.5) is 0 Å². The fraction of sp³-hybridized carbons (Fsp3) is 0.460. The number of benzene rings is 4. The molecule has 10 atom stereocenters. The highest BCUT2D eigenvalue weighted by atomic mass is 28.3. The van der Waals surface area contributed by atoms with Gasteiger partial charge in [-0.1, -0.05) is 129 Å². The number of carbonyl (C=O) groups excluding carboxylic acids is 3. The Hall–Kier alpha value is -4.97. The summed E-state index contributed by atoms with van der Waals surface area (Å²) in [5.41, 5.74) is 2.61. The molecule has 0 amide bonds. The Morgan fingerprint density at radius 1 is 0.492 bits per heavy atom. The van der Waals surface area contributed by atoms with Crippen LogP contribution in [0.1, 0.15) is 37.5 Å². The van der Waals surface area contributed by atoms with Gasteiger partial charge in [0.25, 0.3) is 0 Å². The lowest BCUT2D eigenvalue weighted by molar-refractivity contribution is -0.371. The summed E-state index contributed by atoms with van der Waals surface area (Å²) in [6, 6.07) is 39.0. The zero-order valence-corrected chi connectivity index (χ0v) is 39.0. The van der Waals surface area contributed by atoms with Crippen molar-refractivity contribution in [3.8, 4) is 5.75 Å². The fourth-order valence-electron chi connectivity index (χ4n) is 7.47. The Bertz CT molecular complexity index is 2040. The molecule has 0 aliphatic carbocycles. The Kier molecular flexibility index (Phi) is 18.7. The molecular formula is C50H62O14Si. The van der Waals surface area contributed by atoms with Crippen LogP contribution in [-0.4, -0.2) is 107 Å². The van der Waals surface area contributed by atoms with E-state index in [-0.39, 0.29) is 33.0 Å². The quantitative estimate of drug-likeness (QED) is 0.0436. The maximum Gasteiger partial charge on any atom is 0.303 e. The molecule has 2 aliphatic heterocycles. The molecule has 4 aromatic carbocycles. The summed E-state index contributed by atoms with van der Waals surface area (Å²) in [7, 11) is -1.56. The van der Waals surface area contributed by atoms with Crippen molar-refractivity contribution in [1.82, 2.24) is 0 Å². The highest BCUT2D eigenvalue weighted by molar-refractivity contribution is 6.76. The van der Waals surface area contributed by atoms with E-state index in [2.05, 4.69) is 19.6 Å². The van der Waals surface area contributed by atoms with Crippen LogP contribution in [-0.2, 0) is 81.6 Å². The number of esters is 3. The molecule has 14 nitrogen and oxygen atoms in total. The van der Waals surface area contributed by atoms with Crippen molar-refractivity contribution in [1.29, 1.82) is 0 Å². The second-order valence-corrected chi connectivity index (χ2v) is 22.8. The fourth-order valence-corrected chi connectivity index (χ4v) is 8.20. The smallest absolute Gasteiger partial charge is 0.303 e. The Balaban J connectivity index is 1.45. The summed E-state index contributed by atoms with van der Waals surface area (Å²) < 4.78 is 71.3. The van der Waals surface area contributed by atoms with Gasteiger partial charge in [-0.2, -0.15) is 0 Å². The molecule has 0 unspecified atom stereocenters. The van der Waals surface area contributed by atoms with Gasteiger partial charge in [0.2, 0.25) is 0 Å². The lowest BCUT2D eigenvalue weighted by atomic mass is 9.95. The number of rotatable bonds is 22. The molecule has 0 aromatic heterocycles. The number of hydrogen-bond donors (Lipinski definition) is 0. The summed E-state index contributed by atoms with van der Waals surface area (Å²) in [6.45, 7) is 10.9. The highest BCUT2D eigenvalue weighted by Gasteiger charge is 2.56. The van der Waals surface area contributed by atoms with Crippen molar-refractivity contribution in [2.24, 2.45) is 0 Å². The van der Waals surface area contributed by atoms with Crippen molar-refractivity contribution in [3.63, 3.8) is 0 Å². The first-order chi connectivity index (χ1) is 31.3. The molecule has 0 saturated carbocycles. The Morgan fingerprint density at radius 2 is 0.938 bits per heavy atom. The zero-order valence-electron chi connectivity index (χ0n) is 38.0. The van der Waals surface area contributed by atoms with Crippen molar-refractivity contribution in [3.05, 3.63) is 138 Å². The molecule has 65 heavy (non-hydrogen) atoms. The summed E-state index contributed by atoms with van der Waals surface area (Å²) in [5.74, 6) is -1.38. The minimum absolute atomic E-state index is 0.0260. The monoisotopic (exact) mass is 914 g/mol. The number of para-hydroxylation sites is 1. The minimum atomic E-state index is -1.56. The number of carbonyl (C=O) groups is 3. The molecule has 0 bridgehead atoms. The summed E-state index contributed by atoms with van der Waals surface area (Å²) in [5, 5.41) is 0. The summed E-state index contributed by atoms with van der Waals surface area (Å²) in [4.78, 5) is 37.8. The van der Waals surface area contributed by atoms with Crippen molar-refractivity contribution >= 4 is 26.0 Å². The SMILES string of the molecule is CC(=O)OC[C@H]1O[C@H](O[C@@H]2[C@H](OCc3ccccc3)[C@@H](OCc3ccccc3)[C@H](OCC[Si](C)(C)C)O[C@@H]2COc2ccccc2)[C@H](OCc2ccccc2)[C@@H](OC(C)=O)[C@@H]1OC(C)=O. The zero-order chi connectivity index (χ0) is 46.2. The third kappa shape index (κ3) is 15.6. The maximum absolute atomic E-state index is 12.9.